The van der Waals surface area contributed by atoms with E-state index in [9.17, 15) is 9.59 Å². The molecule has 0 aromatic heterocycles. The first-order valence-corrected chi connectivity index (χ1v) is 8.67. The summed E-state index contributed by atoms with van der Waals surface area (Å²) in [6, 6.07) is 15.9. The quantitative estimate of drug-likeness (QED) is 0.877. The monoisotopic (exact) mass is 357 g/mol. The van der Waals surface area contributed by atoms with Crippen LogP contribution in [0.1, 0.15) is 18.4 Å². The van der Waals surface area contributed by atoms with Crippen LogP contribution in [0.15, 0.2) is 54.6 Å². The maximum Gasteiger partial charge on any atom is 0.322 e. The summed E-state index contributed by atoms with van der Waals surface area (Å²) >= 11 is 6.11. The van der Waals surface area contributed by atoms with Gasteiger partial charge in [-0.05, 0) is 36.6 Å². The fraction of sp³-hybridized carbons (Fsp3) is 0.263. The predicted molar refractivity (Wildman–Crippen MR) is 98.5 cm³/mol. The third-order valence-corrected chi connectivity index (χ3v) is 4.62. The zero-order valence-corrected chi connectivity index (χ0v) is 14.5. The maximum absolute atomic E-state index is 12.5. The molecule has 0 unspecified atom stereocenters. The maximum atomic E-state index is 12.5. The Balaban J connectivity index is 1.59. The van der Waals surface area contributed by atoms with E-state index in [4.69, 9.17) is 11.6 Å². The molecular formula is C19H20ClN3O2. The van der Waals surface area contributed by atoms with E-state index in [1.807, 2.05) is 48.5 Å². The number of nitrogens with one attached hydrogen (secondary N) is 2. The van der Waals surface area contributed by atoms with Gasteiger partial charge in [-0.3, -0.25) is 4.79 Å². The number of anilines is 1. The first-order valence-electron chi connectivity index (χ1n) is 8.29. The highest BCUT2D eigenvalue weighted by Crippen LogP contribution is 2.20. The number of benzene rings is 2. The highest BCUT2D eigenvalue weighted by Gasteiger charge is 2.34. The highest BCUT2D eigenvalue weighted by atomic mass is 35.5. The molecule has 2 aromatic carbocycles. The number of amides is 3. The fourth-order valence-electron chi connectivity index (χ4n) is 2.94. The van der Waals surface area contributed by atoms with Gasteiger partial charge in [0.2, 0.25) is 5.91 Å². The molecule has 1 heterocycles. The van der Waals surface area contributed by atoms with E-state index in [0.29, 0.717) is 24.5 Å². The molecule has 5 nitrogen and oxygen atoms in total. The number of hydrogen-bond acceptors (Lipinski definition) is 2. The molecule has 1 atom stereocenters. The summed E-state index contributed by atoms with van der Waals surface area (Å²) in [5.74, 6) is -0.152. The minimum absolute atomic E-state index is 0.152. The topological polar surface area (TPSA) is 61.4 Å². The van der Waals surface area contributed by atoms with Crippen LogP contribution in [0.5, 0.6) is 0 Å². The molecule has 130 valence electrons. The molecule has 0 bridgehead atoms. The van der Waals surface area contributed by atoms with E-state index in [0.717, 1.165) is 17.7 Å². The summed E-state index contributed by atoms with van der Waals surface area (Å²) < 4.78 is 0. The minimum atomic E-state index is -0.453. The van der Waals surface area contributed by atoms with Crippen LogP contribution >= 0.6 is 11.6 Å². The Morgan fingerprint density at radius 1 is 1.08 bits per heavy atom. The summed E-state index contributed by atoms with van der Waals surface area (Å²) in [6.45, 7) is 0.923. The molecule has 0 radical (unpaired) electrons. The molecule has 2 N–H and O–H groups in total. The Morgan fingerprint density at radius 3 is 2.56 bits per heavy atom. The Kier molecular flexibility index (Phi) is 5.56. The number of carbonyl (C=O) groups excluding carboxylic acids is 2. The molecule has 1 aliphatic rings. The van der Waals surface area contributed by atoms with Crippen molar-refractivity contribution in [1.29, 1.82) is 0 Å². The van der Waals surface area contributed by atoms with Gasteiger partial charge in [-0.2, -0.15) is 0 Å². The van der Waals surface area contributed by atoms with Crippen molar-refractivity contribution >= 4 is 29.2 Å². The lowest BCUT2D eigenvalue weighted by atomic mass is 10.2. The lowest BCUT2D eigenvalue weighted by Crippen LogP contribution is -2.47. The van der Waals surface area contributed by atoms with Gasteiger partial charge >= 0.3 is 6.03 Å². The molecule has 25 heavy (non-hydrogen) atoms. The lowest BCUT2D eigenvalue weighted by Gasteiger charge is -2.24. The van der Waals surface area contributed by atoms with Crippen LogP contribution in [0.3, 0.4) is 0 Å². The Morgan fingerprint density at radius 2 is 1.80 bits per heavy atom. The van der Waals surface area contributed by atoms with Crippen LogP contribution in [0.2, 0.25) is 5.02 Å². The SMILES string of the molecule is O=C(NCc1ccccc1Cl)[C@@H]1CCCN1C(=O)Nc1ccccc1. The molecule has 1 aliphatic heterocycles. The van der Waals surface area contributed by atoms with E-state index in [-0.39, 0.29) is 11.9 Å². The predicted octanol–water partition coefficient (Wildman–Crippen LogP) is 3.65. The van der Waals surface area contributed by atoms with Crippen molar-refractivity contribution in [3.8, 4) is 0 Å². The normalized spacial score (nSPS) is 16.5. The van der Waals surface area contributed by atoms with Crippen molar-refractivity contribution in [2.24, 2.45) is 0 Å². The summed E-state index contributed by atoms with van der Waals surface area (Å²) in [4.78, 5) is 26.6. The van der Waals surface area contributed by atoms with Crippen molar-refractivity contribution < 1.29 is 9.59 Å². The number of likely N-dealkylation sites (tertiary alicyclic amines) is 1. The molecule has 0 saturated carbocycles. The lowest BCUT2D eigenvalue weighted by molar-refractivity contribution is -0.124. The van der Waals surface area contributed by atoms with E-state index in [2.05, 4.69) is 10.6 Å². The zero-order valence-electron chi connectivity index (χ0n) is 13.7. The average molecular weight is 358 g/mol. The summed E-state index contributed by atoms with van der Waals surface area (Å²) in [6.07, 6.45) is 1.48. The number of urea groups is 1. The van der Waals surface area contributed by atoms with Gasteiger partial charge in [-0.15, -0.1) is 0 Å². The smallest absolute Gasteiger partial charge is 0.322 e. The molecule has 6 heteroatoms. The number of hydrogen-bond donors (Lipinski definition) is 2. The summed E-state index contributed by atoms with van der Waals surface area (Å²) in [5.41, 5.74) is 1.57. The van der Waals surface area contributed by atoms with Gasteiger partial charge in [0, 0.05) is 23.8 Å². The van der Waals surface area contributed by atoms with Crippen molar-refractivity contribution in [1.82, 2.24) is 10.2 Å². The Labute approximate surface area is 152 Å². The Hall–Kier alpha value is -2.53. The molecule has 1 saturated heterocycles. The highest BCUT2D eigenvalue weighted by molar-refractivity contribution is 6.31. The van der Waals surface area contributed by atoms with Crippen LogP contribution in [0.25, 0.3) is 0 Å². The van der Waals surface area contributed by atoms with Gasteiger partial charge in [0.15, 0.2) is 0 Å². The van der Waals surface area contributed by atoms with E-state index in [1.165, 1.54) is 0 Å². The third kappa shape index (κ3) is 4.31. The number of nitrogens with zero attached hydrogens (tertiary/aromatic N) is 1. The van der Waals surface area contributed by atoms with Crippen LogP contribution < -0.4 is 10.6 Å². The van der Waals surface area contributed by atoms with Gasteiger partial charge in [-0.1, -0.05) is 48.0 Å². The first-order chi connectivity index (χ1) is 12.1. The van der Waals surface area contributed by atoms with Crippen LogP contribution in [-0.4, -0.2) is 29.4 Å². The molecule has 2 aromatic rings. The molecule has 0 aliphatic carbocycles. The van der Waals surface area contributed by atoms with E-state index >= 15 is 0 Å². The average Bonchev–Trinajstić information content (AvgIpc) is 3.12. The second kappa shape index (κ2) is 8.03. The van der Waals surface area contributed by atoms with Crippen molar-refractivity contribution in [3.05, 3.63) is 65.2 Å². The second-order valence-electron chi connectivity index (χ2n) is 5.96. The van der Waals surface area contributed by atoms with Gasteiger partial charge < -0.3 is 15.5 Å². The fourth-order valence-corrected chi connectivity index (χ4v) is 3.14. The van der Waals surface area contributed by atoms with Crippen molar-refractivity contribution in [2.45, 2.75) is 25.4 Å². The van der Waals surface area contributed by atoms with Gasteiger partial charge in [0.05, 0.1) is 0 Å². The molecular weight excluding hydrogens is 338 g/mol. The van der Waals surface area contributed by atoms with Crippen LogP contribution in [0.4, 0.5) is 10.5 Å². The number of halogens is 1. The molecule has 0 spiro atoms. The number of carbonyl (C=O) groups is 2. The van der Waals surface area contributed by atoms with Crippen LogP contribution in [0, 0.1) is 0 Å². The largest absolute Gasteiger partial charge is 0.350 e. The van der Waals surface area contributed by atoms with Crippen LogP contribution in [-0.2, 0) is 11.3 Å². The van der Waals surface area contributed by atoms with Crippen molar-refractivity contribution in [3.63, 3.8) is 0 Å². The van der Waals surface area contributed by atoms with E-state index < -0.39 is 6.04 Å². The minimum Gasteiger partial charge on any atom is -0.350 e. The standard InChI is InChI=1S/C19H20ClN3O2/c20-16-10-5-4-7-14(16)13-21-18(24)17-11-6-12-23(17)19(25)22-15-8-2-1-3-9-15/h1-5,7-10,17H,6,11-13H2,(H,21,24)(H,22,25)/t17-/m0/s1. The van der Waals surface area contributed by atoms with E-state index in [1.54, 1.807) is 11.0 Å². The summed E-state index contributed by atoms with van der Waals surface area (Å²) in [5, 5.41) is 6.34. The van der Waals surface area contributed by atoms with Gasteiger partial charge in [0.1, 0.15) is 6.04 Å². The van der Waals surface area contributed by atoms with Gasteiger partial charge in [-0.25, -0.2) is 4.79 Å². The third-order valence-electron chi connectivity index (χ3n) is 4.25. The first kappa shape index (κ1) is 17.3. The number of rotatable bonds is 4. The molecule has 3 amide bonds. The number of para-hydroxylation sites is 1. The zero-order chi connectivity index (χ0) is 17.6. The van der Waals surface area contributed by atoms with Gasteiger partial charge in [0.25, 0.3) is 0 Å². The molecule has 1 fully saturated rings. The summed E-state index contributed by atoms with van der Waals surface area (Å²) in [7, 11) is 0. The second-order valence-corrected chi connectivity index (χ2v) is 6.36. The Bertz CT molecular complexity index is 751. The van der Waals surface area contributed by atoms with Crippen molar-refractivity contribution in [2.75, 3.05) is 11.9 Å². The molecule has 3 rings (SSSR count).